The van der Waals surface area contributed by atoms with E-state index in [1.54, 1.807) is 6.92 Å². The summed E-state index contributed by atoms with van der Waals surface area (Å²) >= 11 is 4.03. The number of carbonyl (C=O) groups is 1. The zero-order chi connectivity index (χ0) is 7.28. The number of ether oxygens (including phenoxy) is 1. The van der Waals surface area contributed by atoms with E-state index >= 15 is 0 Å². The largest absolute Gasteiger partial charge is 0.466 e. The van der Waals surface area contributed by atoms with Gasteiger partial charge in [-0.15, -0.1) is 0 Å². The van der Waals surface area contributed by atoms with Crippen LogP contribution in [0, 0.1) is 0 Å². The van der Waals surface area contributed by atoms with Crippen LogP contribution in [-0.4, -0.2) is 17.8 Å². The fourth-order valence-corrected chi connectivity index (χ4v) is 0.610. The molecular formula is C6H12O2S. The van der Waals surface area contributed by atoms with Crippen molar-refractivity contribution in [1.29, 1.82) is 0 Å². The molecule has 0 aromatic heterocycles. The van der Waals surface area contributed by atoms with Crippen molar-refractivity contribution in [3.8, 4) is 0 Å². The molecule has 0 saturated carbocycles. The molecule has 2 nitrogen and oxygen atoms in total. The van der Waals surface area contributed by atoms with E-state index in [-0.39, 0.29) is 11.2 Å². The molecule has 0 bridgehead atoms. The Morgan fingerprint density at radius 1 is 1.78 bits per heavy atom. The van der Waals surface area contributed by atoms with Crippen molar-refractivity contribution in [1.82, 2.24) is 0 Å². The van der Waals surface area contributed by atoms with Gasteiger partial charge in [0.25, 0.3) is 0 Å². The highest BCUT2D eigenvalue weighted by Crippen LogP contribution is 1.99. The molecule has 0 aliphatic carbocycles. The summed E-state index contributed by atoms with van der Waals surface area (Å²) in [7, 11) is 0. The van der Waals surface area contributed by atoms with Gasteiger partial charge in [-0.1, -0.05) is 6.92 Å². The average Bonchev–Trinajstić information content (AvgIpc) is 1.63. The van der Waals surface area contributed by atoms with Crippen molar-refractivity contribution in [3.05, 3.63) is 0 Å². The Kier molecular flexibility index (Phi) is 4.58. The highest BCUT2D eigenvalue weighted by atomic mass is 32.1. The standard InChI is InChI=1S/C6H12O2S/c1-3-8-6(7)4-5(2)9/h5,9H,3-4H2,1-2H3/t5-/m1/s1. The number of hydrogen-bond donors (Lipinski definition) is 1. The number of esters is 1. The third-order valence-electron chi connectivity index (χ3n) is 0.767. The van der Waals surface area contributed by atoms with E-state index in [1.165, 1.54) is 0 Å². The lowest BCUT2D eigenvalue weighted by molar-refractivity contribution is -0.142. The maximum Gasteiger partial charge on any atom is 0.306 e. The molecule has 0 heterocycles. The van der Waals surface area contributed by atoms with Crippen LogP contribution >= 0.6 is 12.6 Å². The molecule has 0 N–H and O–H groups in total. The summed E-state index contributed by atoms with van der Waals surface area (Å²) in [5.41, 5.74) is 0. The fourth-order valence-electron chi connectivity index (χ4n) is 0.461. The van der Waals surface area contributed by atoms with Gasteiger partial charge in [0.1, 0.15) is 0 Å². The Morgan fingerprint density at radius 3 is 2.67 bits per heavy atom. The minimum atomic E-state index is -0.167. The highest BCUT2D eigenvalue weighted by Gasteiger charge is 2.03. The second-order valence-electron chi connectivity index (χ2n) is 1.86. The zero-order valence-corrected chi connectivity index (χ0v) is 6.65. The van der Waals surface area contributed by atoms with E-state index in [4.69, 9.17) is 0 Å². The molecule has 54 valence electrons. The molecule has 0 radical (unpaired) electrons. The molecule has 0 saturated heterocycles. The van der Waals surface area contributed by atoms with Crippen molar-refractivity contribution < 1.29 is 9.53 Å². The first-order chi connectivity index (χ1) is 4.16. The zero-order valence-electron chi connectivity index (χ0n) is 5.76. The van der Waals surface area contributed by atoms with Gasteiger partial charge in [-0.3, -0.25) is 4.79 Å². The lowest BCUT2D eigenvalue weighted by Crippen LogP contribution is -2.08. The van der Waals surface area contributed by atoms with Crippen LogP contribution in [0.3, 0.4) is 0 Å². The van der Waals surface area contributed by atoms with E-state index in [2.05, 4.69) is 17.4 Å². The van der Waals surface area contributed by atoms with E-state index in [1.807, 2.05) is 6.92 Å². The molecule has 9 heavy (non-hydrogen) atoms. The van der Waals surface area contributed by atoms with Gasteiger partial charge in [0.2, 0.25) is 0 Å². The van der Waals surface area contributed by atoms with Gasteiger partial charge >= 0.3 is 5.97 Å². The van der Waals surface area contributed by atoms with Gasteiger partial charge < -0.3 is 4.74 Å². The van der Waals surface area contributed by atoms with Crippen LogP contribution in [0.1, 0.15) is 20.3 Å². The van der Waals surface area contributed by atoms with E-state index in [0.29, 0.717) is 13.0 Å². The molecule has 0 aromatic rings. The lowest BCUT2D eigenvalue weighted by atomic mass is 10.3. The van der Waals surface area contributed by atoms with Crippen LogP contribution in [0.25, 0.3) is 0 Å². The van der Waals surface area contributed by atoms with Crippen LogP contribution < -0.4 is 0 Å². The van der Waals surface area contributed by atoms with Crippen molar-refractivity contribution in [2.24, 2.45) is 0 Å². The smallest absolute Gasteiger partial charge is 0.306 e. The van der Waals surface area contributed by atoms with Crippen LogP contribution in [0.5, 0.6) is 0 Å². The molecule has 0 aromatic carbocycles. The van der Waals surface area contributed by atoms with Crippen molar-refractivity contribution >= 4 is 18.6 Å². The van der Waals surface area contributed by atoms with Gasteiger partial charge in [0.15, 0.2) is 0 Å². The van der Waals surface area contributed by atoms with Gasteiger partial charge in [-0.2, -0.15) is 12.6 Å². The fraction of sp³-hybridized carbons (Fsp3) is 0.833. The first-order valence-electron chi connectivity index (χ1n) is 3.00. The quantitative estimate of drug-likeness (QED) is 0.481. The Morgan fingerprint density at radius 2 is 2.33 bits per heavy atom. The van der Waals surface area contributed by atoms with Crippen LogP contribution in [0.2, 0.25) is 0 Å². The molecular weight excluding hydrogens is 136 g/mol. The Bertz CT molecular complexity index is 91.1. The first-order valence-corrected chi connectivity index (χ1v) is 3.52. The highest BCUT2D eigenvalue weighted by molar-refractivity contribution is 7.80. The molecule has 0 unspecified atom stereocenters. The molecule has 0 spiro atoms. The maximum atomic E-state index is 10.6. The first kappa shape index (κ1) is 8.82. The minimum absolute atomic E-state index is 0.101. The predicted octanol–water partition coefficient (Wildman–Crippen LogP) is 1.26. The normalized spacial score (nSPS) is 12.8. The maximum absolute atomic E-state index is 10.6. The van der Waals surface area contributed by atoms with E-state index < -0.39 is 0 Å². The third kappa shape index (κ3) is 5.69. The van der Waals surface area contributed by atoms with Crippen molar-refractivity contribution in [2.75, 3.05) is 6.61 Å². The second-order valence-corrected chi connectivity index (χ2v) is 2.74. The summed E-state index contributed by atoms with van der Waals surface area (Å²) in [6, 6.07) is 0. The molecule has 0 aliphatic heterocycles. The van der Waals surface area contributed by atoms with E-state index in [0.717, 1.165) is 0 Å². The predicted molar refractivity (Wildman–Crippen MR) is 39.7 cm³/mol. The monoisotopic (exact) mass is 148 g/mol. The molecule has 0 amide bonds. The van der Waals surface area contributed by atoms with E-state index in [9.17, 15) is 4.79 Å². The molecule has 1 atom stereocenters. The minimum Gasteiger partial charge on any atom is -0.466 e. The lowest BCUT2D eigenvalue weighted by Gasteiger charge is -2.01. The van der Waals surface area contributed by atoms with Gasteiger partial charge in [0.05, 0.1) is 13.0 Å². The average molecular weight is 148 g/mol. The topological polar surface area (TPSA) is 26.3 Å². The second kappa shape index (κ2) is 4.68. The van der Waals surface area contributed by atoms with Crippen molar-refractivity contribution in [2.45, 2.75) is 25.5 Å². The Hall–Kier alpha value is -0.180. The summed E-state index contributed by atoms with van der Waals surface area (Å²) < 4.78 is 4.66. The molecule has 0 fully saturated rings. The number of hydrogen-bond acceptors (Lipinski definition) is 3. The van der Waals surface area contributed by atoms with Crippen molar-refractivity contribution in [3.63, 3.8) is 0 Å². The SMILES string of the molecule is CCOC(=O)C[C@@H](C)S. The number of rotatable bonds is 3. The number of carbonyl (C=O) groups excluding carboxylic acids is 1. The summed E-state index contributed by atoms with van der Waals surface area (Å²) in [6.45, 7) is 4.11. The molecule has 0 rings (SSSR count). The van der Waals surface area contributed by atoms with Gasteiger partial charge in [-0.25, -0.2) is 0 Å². The number of thiol groups is 1. The van der Waals surface area contributed by atoms with Crippen LogP contribution in [-0.2, 0) is 9.53 Å². The summed E-state index contributed by atoms with van der Waals surface area (Å²) in [5.74, 6) is -0.167. The van der Waals surface area contributed by atoms with Gasteiger partial charge in [0, 0.05) is 5.25 Å². The summed E-state index contributed by atoms with van der Waals surface area (Å²) in [6.07, 6.45) is 0.400. The summed E-state index contributed by atoms with van der Waals surface area (Å²) in [4.78, 5) is 10.6. The molecule has 3 heteroatoms. The van der Waals surface area contributed by atoms with Crippen LogP contribution in [0.15, 0.2) is 0 Å². The Labute approximate surface area is 61.0 Å². The van der Waals surface area contributed by atoms with Gasteiger partial charge in [-0.05, 0) is 6.92 Å². The molecule has 0 aliphatic rings. The summed E-state index contributed by atoms with van der Waals surface area (Å²) in [5, 5.41) is 0.101. The van der Waals surface area contributed by atoms with Crippen LogP contribution in [0.4, 0.5) is 0 Å². The Balaban J connectivity index is 3.27. The third-order valence-corrected chi connectivity index (χ3v) is 0.950.